The highest BCUT2D eigenvalue weighted by atomic mass is 79.9. The van der Waals surface area contributed by atoms with Crippen molar-refractivity contribution >= 4 is 27.8 Å². The number of aliphatic carboxylic acids is 1. The van der Waals surface area contributed by atoms with Crippen molar-refractivity contribution in [2.75, 3.05) is 6.54 Å². The summed E-state index contributed by atoms with van der Waals surface area (Å²) in [6, 6.07) is 6.86. The van der Waals surface area contributed by atoms with Crippen LogP contribution in [-0.4, -0.2) is 34.0 Å². The average Bonchev–Trinajstić information content (AvgIpc) is 2.24. The van der Waals surface area contributed by atoms with Crippen LogP contribution in [0.4, 0.5) is 0 Å². The molecular formula is C13H16BrNO3. The van der Waals surface area contributed by atoms with Crippen LogP contribution in [0.3, 0.4) is 0 Å². The monoisotopic (exact) mass is 313 g/mol. The average molecular weight is 314 g/mol. The maximum atomic E-state index is 12.3. The molecule has 0 saturated heterocycles. The first-order chi connectivity index (χ1) is 8.21. The van der Waals surface area contributed by atoms with E-state index in [0.717, 1.165) is 4.47 Å². The van der Waals surface area contributed by atoms with E-state index in [1.165, 1.54) is 4.90 Å². The molecule has 1 rings (SSSR count). The van der Waals surface area contributed by atoms with Crippen molar-refractivity contribution in [3.8, 4) is 0 Å². The predicted octanol–water partition coefficient (Wildman–Crippen LogP) is 2.77. The molecule has 1 N–H and O–H groups in total. The van der Waals surface area contributed by atoms with Gasteiger partial charge in [0.15, 0.2) is 0 Å². The lowest BCUT2D eigenvalue weighted by Crippen LogP contribution is -2.48. The van der Waals surface area contributed by atoms with Gasteiger partial charge in [0.05, 0.1) is 0 Å². The van der Waals surface area contributed by atoms with Crippen LogP contribution in [0.25, 0.3) is 0 Å². The zero-order valence-electron chi connectivity index (χ0n) is 10.6. The number of carbonyl (C=O) groups excluding carboxylic acids is 1. The maximum Gasteiger partial charge on any atom is 0.323 e. The summed E-state index contributed by atoms with van der Waals surface area (Å²) in [7, 11) is 0. The number of carboxylic acids is 1. The Morgan fingerprint density at radius 2 is 1.72 bits per heavy atom. The molecule has 0 saturated carbocycles. The zero-order valence-corrected chi connectivity index (χ0v) is 12.2. The topological polar surface area (TPSA) is 57.6 Å². The van der Waals surface area contributed by atoms with E-state index < -0.39 is 11.5 Å². The third-order valence-corrected chi connectivity index (χ3v) is 2.97. The van der Waals surface area contributed by atoms with Crippen LogP contribution in [0.2, 0.25) is 0 Å². The second-order valence-electron chi connectivity index (χ2n) is 4.96. The van der Waals surface area contributed by atoms with Crippen molar-refractivity contribution in [3.63, 3.8) is 0 Å². The Balaban J connectivity index is 3.02. The summed E-state index contributed by atoms with van der Waals surface area (Å²) in [5.41, 5.74) is -0.0582. The fourth-order valence-electron chi connectivity index (χ4n) is 1.50. The van der Waals surface area contributed by atoms with Crippen molar-refractivity contribution in [2.45, 2.75) is 26.3 Å². The van der Waals surface area contributed by atoms with Gasteiger partial charge in [0.2, 0.25) is 0 Å². The Labute approximate surface area is 115 Å². The lowest BCUT2D eigenvalue weighted by atomic mass is 10.0. The van der Waals surface area contributed by atoms with E-state index >= 15 is 0 Å². The number of carbonyl (C=O) groups is 2. The Morgan fingerprint density at radius 3 is 2.11 bits per heavy atom. The minimum absolute atomic E-state index is 0.280. The van der Waals surface area contributed by atoms with Gasteiger partial charge in [0, 0.05) is 15.6 Å². The zero-order chi connectivity index (χ0) is 13.9. The van der Waals surface area contributed by atoms with E-state index in [1.807, 2.05) is 20.8 Å². The fraction of sp³-hybridized carbons (Fsp3) is 0.385. The summed E-state index contributed by atoms with van der Waals surface area (Å²) in [4.78, 5) is 24.5. The second kappa shape index (κ2) is 5.52. The standard InChI is InChI=1S/C13H16BrNO3/c1-13(2,3)15(8-11(16)17)12(18)9-4-6-10(14)7-5-9/h4-7H,8H2,1-3H3,(H,16,17). The highest BCUT2D eigenvalue weighted by molar-refractivity contribution is 9.10. The van der Waals surface area contributed by atoms with Crippen LogP contribution >= 0.6 is 15.9 Å². The van der Waals surface area contributed by atoms with E-state index in [-0.39, 0.29) is 12.5 Å². The summed E-state index contributed by atoms with van der Waals surface area (Å²) < 4.78 is 0.875. The normalized spacial score (nSPS) is 11.1. The van der Waals surface area contributed by atoms with E-state index in [2.05, 4.69) is 15.9 Å². The molecule has 5 heteroatoms. The van der Waals surface area contributed by atoms with Crippen molar-refractivity contribution < 1.29 is 14.7 Å². The van der Waals surface area contributed by atoms with Crippen molar-refractivity contribution in [1.29, 1.82) is 0 Å². The molecule has 0 bridgehead atoms. The van der Waals surface area contributed by atoms with Gasteiger partial charge in [-0.05, 0) is 45.0 Å². The minimum Gasteiger partial charge on any atom is -0.480 e. The summed E-state index contributed by atoms with van der Waals surface area (Å²) in [6.07, 6.45) is 0. The number of rotatable bonds is 3. The summed E-state index contributed by atoms with van der Waals surface area (Å²) in [5.74, 6) is -1.30. The molecule has 98 valence electrons. The quantitative estimate of drug-likeness (QED) is 0.933. The number of benzene rings is 1. The third kappa shape index (κ3) is 3.84. The number of halogens is 1. The first-order valence-electron chi connectivity index (χ1n) is 5.51. The van der Waals surface area contributed by atoms with Gasteiger partial charge < -0.3 is 10.0 Å². The Kier molecular flexibility index (Phi) is 4.51. The summed E-state index contributed by atoms with van der Waals surface area (Å²) in [6.45, 7) is 5.13. The van der Waals surface area contributed by atoms with Gasteiger partial charge in [0.25, 0.3) is 5.91 Å². The molecule has 4 nitrogen and oxygen atoms in total. The molecule has 1 aromatic carbocycles. The molecule has 0 aliphatic carbocycles. The van der Waals surface area contributed by atoms with E-state index in [4.69, 9.17) is 5.11 Å². The molecule has 0 spiro atoms. The van der Waals surface area contributed by atoms with E-state index in [1.54, 1.807) is 24.3 Å². The smallest absolute Gasteiger partial charge is 0.323 e. The fourth-order valence-corrected chi connectivity index (χ4v) is 1.76. The maximum absolute atomic E-state index is 12.3. The van der Waals surface area contributed by atoms with Crippen molar-refractivity contribution in [3.05, 3.63) is 34.3 Å². The van der Waals surface area contributed by atoms with Crippen LogP contribution in [0.1, 0.15) is 31.1 Å². The van der Waals surface area contributed by atoms with Gasteiger partial charge >= 0.3 is 5.97 Å². The number of nitrogens with zero attached hydrogens (tertiary/aromatic N) is 1. The minimum atomic E-state index is -1.02. The van der Waals surface area contributed by atoms with Crippen LogP contribution in [-0.2, 0) is 4.79 Å². The first-order valence-corrected chi connectivity index (χ1v) is 6.30. The largest absolute Gasteiger partial charge is 0.480 e. The lowest BCUT2D eigenvalue weighted by molar-refractivity contribution is -0.138. The number of amides is 1. The van der Waals surface area contributed by atoms with Gasteiger partial charge in [-0.25, -0.2) is 0 Å². The molecule has 18 heavy (non-hydrogen) atoms. The molecule has 0 unspecified atom stereocenters. The van der Waals surface area contributed by atoms with Crippen LogP contribution < -0.4 is 0 Å². The van der Waals surface area contributed by atoms with Gasteiger partial charge in [-0.3, -0.25) is 9.59 Å². The predicted molar refractivity (Wildman–Crippen MR) is 72.6 cm³/mol. The molecule has 0 aromatic heterocycles. The molecule has 0 radical (unpaired) electrons. The molecule has 0 heterocycles. The highest BCUT2D eigenvalue weighted by Gasteiger charge is 2.29. The van der Waals surface area contributed by atoms with Gasteiger partial charge in [-0.2, -0.15) is 0 Å². The van der Waals surface area contributed by atoms with Gasteiger partial charge in [-0.15, -0.1) is 0 Å². The van der Waals surface area contributed by atoms with Crippen molar-refractivity contribution in [1.82, 2.24) is 4.90 Å². The number of carboxylic acid groups (broad SMARTS) is 1. The third-order valence-electron chi connectivity index (χ3n) is 2.44. The molecule has 1 aromatic rings. The van der Waals surface area contributed by atoms with E-state index in [0.29, 0.717) is 5.56 Å². The Hall–Kier alpha value is -1.36. The van der Waals surface area contributed by atoms with Crippen LogP contribution in [0.5, 0.6) is 0 Å². The number of hydrogen-bond acceptors (Lipinski definition) is 2. The molecule has 0 fully saturated rings. The molecular weight excluding hydrogens is 298 g/mol. The lowest BCUT2D eigenvalue weighted by Gasteiger charge is -2.34. The summed E-state index contributed by atoms with van der Waals surface area (Å²) >= 11 is 3.29. The molecule has 0 aliphatic heterocycles. The van der Waals surface area contributed by atoms with Crippen LogP contribution in [0, 0.1) is 0 Å². The molecule has 0 atom stereocenters. The first kappa shape index (κ1) is 14.7. The molecule has 0 aliphatic rings. The Morgan fingerprint density at radius 1 is 1.22 bits per heavy atom. The Bertz CT molecular complexity index is 448. The highest BCUT2D eigenvalue weighted by Crippen LogP contribution is 2.18. The van der Waals surface area contributed by atoms with Gasteiger partial charge in [-0.1, -0.05) is 15.9 Å². The van der Waals surface area contributed by atoms with Crippen molar-refractivity contribution in [2.24, 2.45) is 0 Å². The summed E-state index contributed by atoms with van der Waals surface area (Å²) in [5, 5.41) is 8.89. The second-order valence-corrected chi connectivity index (χ2v) is 5.88. The SMILES string of the molecule is CC(C)(C)N(CC(=O)O)C(=O)c1ccc(Br)cc1. The van der Waals surface area contributed by atoms with Gasteiger partial charge in [0.1, 0.15) is 6.54 Å². The van der Waals surface area contributed by atoms with E-state index in [9.17, 15) is 9.59 Å². The number of hydrogen-bond donors (Lipinski definition) is 1. The molecule has 1 amide bonds. The van der Waals surface area contributed by atoms with Crippen LogP contribution in [0.15, 0.2) is 28.7 Å².